The van der Waals surface area contributed by atoms with Gasteiger partial charge in [0.2, 0.25) is 11.8 Å². The highest BCUT2D eigenvalue weighted by molar-refractivity contribution is 5.80. The Kier molecular flexibility index (Phi) is 4.50. The second kappa shape index (κ2) is 6.79. The lowest BCUT2D eigenvalue weighted by Crippen LogP contribution is -2.63. The third kappa shape index (κ3) is 3.30. The van der Waals surface area contributed by atoms with Gasteiger partial charge in [-0.2, -0.15) is 0 Å². The Balaban J connectivity index is 1.27. The summed E-state index contributed by atoms with van der Waals surface area (Å²) in [5, 5.41) is 0. The molecule has 4 rings (SSSR count). The molecule has 2 fully saturated rings. The fourth-order valence-corrected chi connectivity index (χ4v) is 4.39. The average molecular weight is 341 g/mol. The van der Waals surface area contributed by atoms with E-state index in [2.05, 4.69) is 29.2 Å². The molecule has 1 aromatic rings. The van der Waals surface area contributed by atoms with Crippen molar-refractivity contribution in [1.82, 2.24) is 14.7 Å². The van der Waals surface area contributed by atoms with Gasteiger partial charge in [0.25, 0.3) is 0 Å². The number of nitrogens with zero attached hydrogens (tertiary/aromatic N) is 3. The van der Waals surface area contributed by atoms with E-state index in [0.717, 1.165) is 58.5 Å². The molecular formula is C20H27N3O2. The minimum atomic E-state index is 0.110. The third-order valence-electron chi connectivity index (χ3n) is 6.14. The number of hydrogen-bond donors (Lipinski definition) is 0. The fraction of sp³-hybridized carbons (Fsp3) is 0.600. The smallest absolute Gasteiger partial charge is 0.225 e. The summed E-state index contributed by atoms with van der Waals surface area (Å²) in [5.41, 5.74) is 2.92. The first-order valence-corrected chi connectivity index (χ1v) is 9.47. The number of rotatable bonds is 2. The van der Waals surface area contributed by atoms with Crippen LogP contribution in [0, 0.1) is 5.92 Å². The first kappa shape index (κ1) is 16.6. The predicted octanol–water partition coefficient (Wildman–Crippen LogP) is 1.51. The van der Waals surface area contributed by atoms with Crippen molar-refractivity contribution in [3.8, 4) is 0 Å². The zero-order valence-corrected chi connectivity index (χ0v) is 15.0. The van der Waals surface area contributed by atoms with Crippen LogP contribution in [0.5, 0.6) is 0 Å². The lowest BCUT2D eigenvalue weighted by atomic mass is 9.92. The van der Waals surface area contributed by atoms with Crippen LogP contribution in [0.25, 0.3) is 0 Å². The molecule has 25 heavy (non-hydrogen) atoms. The maximum absolute atomic E-state index is 12.7. The van der Waals surface area contributed by atoms with Crippen molar-refractivity contribution in [2.45, 2.75) is 38.8 Å². The van der Waals surface area contributed by atoms with E-state index in [-0.39, 0.29) is 11.8 Å². The molecule has 0 N–H and O–H groups in total. The van der Waals surface area contributed by atoms with Gasteiger partial charge in [-0.25, -0.2) is 0 Å². The topological polar surface area (TPSA) is 43.9 Å². The summed E-state index contributed by atoms with van der Waals surface area (Å²) in [6.07, 6.45) is 2.75. The van der Waals surface area contributed by atoms with E-state index in [1.807, 2.05) is 9.80 Å². The zero-order chi connectivity index (χ0) is 17.4. The van der Waals surface area contributed by atoms with Gasteiger partial charge in [-0.15, -0.1) is 0 Å². The second-order valence-electron chi connectivity index (χ2n) is 7.67. The Labute approximate surface area is 149 Å². The molecule has 5 heteroatoms. The summed E-state index contributed by atoms with van der Waals surface area (Å²) in [5.74, 6) is 0.538. The Bertz CT molecular complexity index is 661. The van der Waals surface area contributed by atoms with Gasteiger partial charge in [0, 0.05) is 58.2 Å². The van der Waals surface area contributed by atoms with Crippen molar-refractivity contribution in [3.63, 3.8) is 0 Å². The first-order chi connectivity index (χ1) is 12.1. The van der Waals surface area contributed by atoms with Crippen molar-refractivity contribution in [2.75, 3.05) is 32.7 Å². The molecule has 0 bridgehead atoms. The van der Waals surface area contributed by atoms with Crippen LogP contribution in [-0.2, 0) is 22.6 Å². The minimum Gasteiger partial charge on any atom is -0.343 e. The van der Waals surface area contributed by atoms with Gasteiger partial charge >= 0.3 is 0 Å². The quantitative estimate of drug-likeness (QED) is 0.819. The normalized spacial score (nSPS) is 22.4. The highest BCUT2D eigenvalue weighted by atomic mass is 16.2. The van der Waals surface area contributed by atoms with Crippen LogP contribution in [0.1, 0.15) is 30.9 Å². The summed E-state index contributed by atoms with van der Waals surface area (Å²) in [6.45, 7) is 6.92. The number of piperidine rings is 1. The maximum Gasteiger partial charge on any atom is 0.225 e. The van der Waals surface area contributed by atoms with E-state index in [4.69, 9.17) is 0 Å². The molecular weight excluding hydrogens is 314 g/mol. The summed E-state index contributed by atoms with van der Waals surface area (Å²) >= 11 is 0. The second-order valence-corrected chi connectivity index (χ2v) is 7.67. The van der Waals surface area contributed by atoms with Crippen molar-refractivity contribution in [1.29, 1.82) is 0 Å². The number of fused-ring (bicyclic) bond motifs is 1. The molecule has 0 saturated carbocycles. The SMILES string of the molecule is CC(=O)N1CCC(C(=O)N2CC(N3CCc4ccccc4C3)C2)CC1. The fourth-order valence-electron chi connectivity index (χ4n) is 4.39. The van der Waals surface area contributed by atoms with E-state index < -0.39 is 0 Å². The molecule has 2 saturated heterocycles. The number of likely N-dealkylation sites (tertiary alicyclic amines) is 2. The van der Waals surface area contributed by atoms with Crippen molar-refractivity contribution in [3.05, 3.63) is 35.4 Å². The van der Waals surface area contributed by atoms with Crippen molar-refractivity contribution in [2.24, 2.45) is 5.92 Å². The van der Waals surface area contributed by atoms with E-state index in [1.165, 1.54) is 11.1 Å². The molecule has 5 nitrogen and oxygen atoms in total. The highest BCUT2D eigenvalue weighted by Crippen LogP contribution is 2.27. The summed E-state index contributed by atoms with van der Waals surface area (Å²) in [6, 6.07) is 9.21. The Morgan fingerprint density at radius 1 is 0.960 bits per heavy atom. The average Bonchev–Trinajstić information content (AvgIpc) is 2.60. The van der Waals surface area contributed by atoms with Gasteiger partial charge < -0.3 is 9.80 Å². The standard InChI is InChI=1S/C20H27N3O2/c1-15(24)21-9-7-17(8-10-21)20(25)23-13-19(14-23)22-11-6-16-4-2-3-5-18(16)12-22/h2-5,17,19H,6-14H2,1H3. The molecule has 3 aliphatic heterocycles. The van der Waals surface area contributed by atoms with E-state index >= 15 is 0 Å². The number of amides is 2. The number of benzene rings is 1. The largest absolute Gasteiger partial charge is 0.343 e. The molecule has 3 aliphatic rings. The Hall–Kier alpha value is -1.88. The molecule has 0 radical (unpaired) electrons. The maximum atomic E-state index is 12.7. The van der Waals surface area contributed by atoms with Gasteiger partial charge in [-0.05, 0) is 30.4 Å². The van der Waals surface area contributed by atoms with Gasteiger partial charge in [-0.1, -0.05) is 24.3 Å². The molecule has 3 heterocycles. The summed E-state index contributed by atoms with van der Waals surface area (Å²) in [4.78, 5) is 30.5. The highest BCUT2D eigenvalue weighted by Gasteiger charge is 2.39. The predicted molar refractivity (Wildman–Crippen MR) is 95.9 cm³/mol. The number of hydrogen-bond acceptors (Lipinski definition) is 3. The monoisotopic (exact) mass is 341 g/mol. The molecule has 0 aromatic heterocycles. The van der Waals surface area contributed by atoms with Crippen LogP contribution >= 0.6 is 0 Å². The molecule has 2 amide bonds. The molecule has 0 aliphatic carbocycles. The van der Waals surface area contributed by atoms with Gasteiger partial charge in [0.15, 0.2) is 0 Å². The third-order valence-corrected chi connectivity index (χ3v) is 6.14. The van der Waals surface area contributed by atoms with Crippen LogP contribution in [0.4, 0.5) is 0 Å². The van der Waals surface area contributed by atoms with Crippen molar-refractivity contribution < 1.29 is 9.59 Å². The van der Waals surface area contributed by atoms with E-state index in [0.29, 0.717) is 11.9 Å². The summed E-state index contributed by atoms with van der Waals surface area (Å²) < 4.78 is 0. The minimum absolute atomic E-state index is 0.110. The van der Waals surface area contributed by atoms with Crippen molar-refractivity contribution >= 4 is 11.8 Å². The number of carbonyl (C=O) groups excluding carboxylic acids is 2. The first-order valence-electron chi connectivity index (χ1n) is 9.47. The van der Waals surface area contributed by atoms with Crippen LogP contribution in [0.3, 0.4) is 0 Å². The lowest BCUT2D eigenvalue weighted by Gasteiger charge is -2.48. The molecule has 0 spiro atoms. The van der Waals surface area contributed by atoms with Gasteiger partial charge in [0.05, 0.1) is 0 Å². The Morgan fingerprint density at radius 3 is 2.32 bits per heavy atom. The van der Waals surface area contributed by atoms with Crippen LogP contribution in [0.2, 0.25) is 0 Å². The van der Waals surface area contributed by atoms with Crippen LogP contribution in [0.15, 0.2) is 24.3 Å². The molecule has 0 atom stereocenters. The lowest BCUT2D eigenvalue weighted by molar-refractivity contribution is -0.146. The van der Waals surface area contributed by atoms with Gasteiger partial charge in [0.1, 0.15) is 0 Å². The van der Waals surface area contributed by atoms with E-state index in [9.17, 15) is 9.59 Å². The Morgan fingerprint density at radius 2 is 1.64 bits per heavy atom. The summed E-state index contributed by atoms with van der Waals surface area (Å²) in [7, 11) is 0. The zero-order valence-electron chi connectivity index (χ0n) is 15.0. The molecule has 134 valence electrons. The van der Waals surface area contributed by atoms with Gasteiger partial charge in [-0.3, -0.25) is 14.5 Å². The van der Waals surface area contributed by atoms with Crippen LogP contribution in [-0.4, -0.2) is 65.3 Å². The molecule has 1 aromatic carbocycles. The van der Waals surface area contributed by atoms with E-state index in [1.54, 1.807) is 6.92 Å². The number of carbonyl (C=O) groups is 2. The van der Waals surface area contributed by atoms with Crippen LogP contribution < -0.4 is 0 Å². The molecule has 0 unspecified atom stereocenters.